The monoisotopic (exact) mass is 774 g/mol. The number of carbonyl (C=O) groups excluding carboxylic acids is 6. The Hall–Kier alpha value is -5.15. The van der Waals surface area contributed by atoms with Crippen molar-refractivity contribution in [2.24, 2.45) is 5.73 Å². The van der Waals surface area contributed by atoms with Crippen LogP contribution in [0.2, 0.25) is 0 Å². The van der Waals surface area contributed by atoms with Gasteiger partial charge < -0.3 is 35.5 Å². The van der Waals surface area contributed by atoms with Crippen molar-refractivity contribution < 1.29 is 53.2 Å². The van der Waals surface area contributed by atoms with E-state index in [9.17, 15) is 39.0 Å². The van der Waals surface area contributed by atoms with Crippen LogP contribution in [-0.4, -0.2) is 86.5 Å². The van der Waals surface area contributed by atoms with Crippen LogP contribution in [0.15, 0.2) is 47.8 Å². The van der Waals surface area contributed by atoms with Gasteiger partial charge in [-0.2, -0.15) is 0 Å². The maximum Gasteiger partial charge on any atom is 0.345 e. The van der Waals surface area contributed by atoms with Gasteiger partial charge in [-0.15, -0.1) is 12.4 Å². The summed E-state index contributed by atoms with van der Waals surface area (Å²) < 4.78 is 14.8. The molecule has 0 radical (unpaired) electrons. The van der Waals surface area contributed by atoms with Crippen molar-refractivity contribution in [1.82, 2.24) is 15.3 Å². The quantitative estimate of drug-likeness (QED) is 0.183. The minimum Gasteiger partial charge on any atom is -0.506 e. The minimum absolute atomic E-state index is 0. The molecule has 5 N–H and O–H groups in total. The van der Waals surface area contributed by atoms with Gasteiger partial charge in [0.15, 0.2) is 11.6 Å². The number of pyridine rings is 2. The Morgan fingerprint density at radius 3 is 1.56 bits per heavy atom. The van der Waals surface area contributed by atoms with E-state index in [-0.39, 0.29) is 48.4 Å². The van der Waals surface area contributed by atoms with Crippen molar-refractivity contribution >= 4 is 59.3 Å². The number of fused-ring (bicyclic) bond motifs is 2. The van der Waals surface area contributed by atoms with Crippen molar-refractivity contribution in [2.45, 2.75) is 98.2 Å². The molecule has 2 heterocycles. The second kappa shape index (κ2) is 18.3. The van der Waals surface area contributed by atoms with E-state index in [1.54, 1.807) is 107 Å². The first-order valence-corrected chi connectivity index (χ1v) is 16.8. The number of amides is 1. The van der Waals surface area contributed by atoms with E-state index in [0.29, 0.717) is 22.5 Å². The number of hydrogen-bond acceptors (Lipinski definition) is 14. The Kier molecular flexibility index (Phi) is 15.8. The standard InChI is InChI=1S/C18H22N2O5.C14H15NO4.C6H13NO2.ClH/c1-17(2,3)25-11(21)9-20-16(24)12-13(22)10-7-6-8-19-14(10)18(4,5)15(12)23;1-4-19-13(18)9-10(16)8-6-5-7-15-11(8)14(2,3)12(9)17;1-6(2,3)9-5(8)4-7;/h6-8,22H,9H2,1-5H3,(H,20,24);5-7,16H,4H2,1-3H3;4,7H2,1-3H3;1H. The molecule has 0 aromatic carbocycles. The highest BCUT2D eigenvalue weighted by Gasteiger charge is 2.46. The molecule has 296 valence electrons. The first kappa shape index (κ1) is 46.9. The maximum absolute atomic E-state index is 12.7. The number of esters is 3. The molecule has 16 heteroatoms. The lowest BCUT2D eigenvalue weighted by atomic mass is 9.73. The number of aliphatic hydroxyl groups excluding tert-OH is 2. The number of nitrogens with one attached hydrogen (secondary N) is 1. The van der Waals surface area contributed by atoms with Crippen molar-refractivity contribution in [3.8, 4) is 0 Å². The fraction of sp³-hybridized carbons (Fsp3) is 0.474. The van der Waals surface area contributed by atoms with E-state index in [2.05, 4.69) is 15.3 Å². The maximum atomic E-state index is 12.7. The van der Waals surface area contributed by atoms with Gasteiger partial charge in [0.25, 0.3) is 5.91 Å². The molecule has 2 aliphatic rings. The van der Waals surface area contributed by atoms with Crippen molar-refractivity contribution in [1.29, 1.82) is 0 Å². The molecule has 0 aliphatic heterocycles. The van der Waals surface area contributed by atoms with Crippen LogP contribution in [0.1, 0.15) is 98.7 Å². The molecule has 15 nitrogen and oxygen atoms in total. The van der Waals surface area contributed by atoms with Crippen molar-refractivity contribution in [3.63, 3.8) is 0 Å². The molecule has 0 unspecified atom stereocenters. The molecule has 4 rings (SSSR count). The van der Waals surface area contributed by atoms with Crippen LogP contribution in [0.4, 0.5) is 0 Å². The molecule has 0 saturated heterocycles. The first-order valence-electron chi connectivity index (χ1n) is 16.8. The summed E-state index contributed by atoms with van der Waals surface area (Å²) in [6.07, 6.45) is 3.07. The number of rotatable bonds is 6. The fourth-order valence-electron chi connectivity index (χ4n) is 5.12. The zero-order valence-corrected chi connectivity index (χ0v) is 33.4. The first-order chi connectivity index (χ1) is 24.3. The zero-order chi connectivity index (χ0) is 40.7. The molecular weight excluding hydrogens is 724 g/mol. The molecule has 2 aliphatic carbocycles. The fourth-order valence-corrected chi connectivity index (χ4v) is 5.12. The lowest BCUT2D eigenvalue weighted by Gasteiger charge is -2.30. The summed E-state index contributed by atoms with van der Waals surface area (Å²) in [5, 5.41) is 22.9. The van der Waals surface area contributed by atoms with Gasteiger partial charge in [-0.1, -0.05) is 0 Å². The third kappa shape index (κ3) is 11.4. The van der Waals surface area contributed by atoms with Gasteiger partial charge in [-0.05, 0) is 100 Å². The van der Waals surface area contributed by atoms with Crippen molar-refractivity contribution in [3.05, 3.63) is 70.3 Å². The summed E-state index contributed by atoms with van der Waals surface area (Å²) in [5.41, 5.74) is 2.79. The van der Waals surface area contributed by atoms with E-state index in [0.717, 1.165) is 0 Å². The van der Waals surface area contributed by atoms with Gasteiger partial charge in [0.05, 0.1) is 35.4 Å². The Balaban J connectivity index is 0.000000444. The number of Topliss-reactive ketones (excluding diaryl/α,β-unsaturated/α-hetero) is 2. The highest BCUT2D eigenvalue weighted by atomic mass is 35.5. The van der Waals surface area contributed by atoms with Gasteiger partial charge >= 0.3 is 17.9 Å². The third-order valence-electron chi connectivity index (χ3n) is 7.48. The average Bonchev–Trinajstić information content (AvgIpc) is 3.05. The van der Waals surface area contributed by atoms with E-state index in [1.807, 2.05) is 0 Å². The Labute approximate surface area is 321 Å². The molecular formula is C38H51ClN4O11. The number of aromatic nitrogens is 2. The Morgan fingerprint density at radius 1 is 0.759 bits per heavy atom. The second-order valence-electron chi connectivity index (χ2n) is 14.9. The number of nitrogens with zero attached hydrogens (tertiary/aromatic N) is 2. The number of nitrogens with two attached hydrogens (primary N) is 1. The number of hydrogen-bond donors (Lipinski definition) is 4. The Morgan fingerprint density at radius 2 is 1.17 bits per heavy atom. The zero-order valence-electron chi connectivity index (χ0n) is 32.5. The van der Waals surface area contributed by atoms with Crippen LogP contribution in [0.3, 0.4) is 0 Å². The lowest BCUT2D eigenvalue weighted by molar-refractivity contribution is -0.154. The average molecular weight is 775 g/mol. The van der Waals surface area contributed by atoms with Crippen LogP contribution in [0, 0.1) is 0 Å². The molecule has 2 aromatic heterocycles. The van der Waals surface area contributed by atoms with Gasteiger partial charge in [-0.25, -0.2) is 4.79 Å². The van der Waals surface area contributed by atoms with Crippen LogP contribution >= 0.6 is 12.4 Å². The summed E-state index contributed by atoms with van der Waals surface area (Å²) in [7, 11) is 0. The predicted octanol–water partition coefficient (Wildman–Crippen LogP) is 4.15. The topological polar surface area (TPSA) is 234 Å². The van der Waals surface area contributed by atoms with Crippen molar-refractivity contribution in [2.75, 3.05) is 19.7 Å². The molecule has 54 heavy (non-hydrogen) atoms. The summed E-state index contributed by atoms with van der Waals surface area (Å²) in [4.78, 5) is 79.8. The minimum atomic E-state index is -1.07. The van der Waals surface area contributed by atoms with Gasteiger partial charge in [0, 0.05) is 23.5 Å². The van der Waals surface area contributed by atoms with E-state index in [4.69, 9.17) is 19.9 Å². The van der Waals surface area contributed by atoms with E-state index < -0.39 is 63.7 Å². The summed E-state index contributed by atoms with van der Waals surface area (Å²) in [5.74, 6) is -4.44. The molecule has 0 atom stereocenters. The molecule has 2 aromatic rings. The highest BCUT2D eigenvalue weighted by molar-refractivity contribution is 6.28. The smallest absolute Gasteiger partial charge is 0.345 e. The van der Waals surface area contributed by atoms with Crippen LogP contribution in [0.25, 0.3) is 11.5 Å². The summed E-state index contributed by atoms with van der Waals surface area (Å²) in [6, 6.07) is 6.47. The predicted molar refractivity (Wildman–Crippen MR) is 201 cm³/mol. The molecule has 0 fully saturated rings. The number of ether oxygens (including phenoxy) is 3. The van der Waals surface area contributed by atoms with Crippen LogP contribution < -0.4 is 11.1 Å². The van der Waals surface area contributed by atoms with Crippen LogP contribution in [-0.2, 0) is 53.8 Å². The highest BCUT2D eigenvalue weighted by Crippen LogP contribution is 2.39. The number of carbonyl (C=O) groups is 6. The third-order valence-corrected chi connectivity index (χ3v) is 7.48. The van der Waals surface area contributed by atoms with Gasteiger partial charge in [0.1, 0.15) is 40.4 Å². The number of ketones is 2. The SMILES string of the molecule is CC(C)(C)OC(=O)CN.CC(C)(C)OC(=O)CNC(=O)C1=C(O)c2cccnc2C(C)(C)C1=O.CCOC(=O)C1=C(O)c2cccnc2C(C)(C)C1=O.Cl. The Bertz CT molecular complexity index is 1830. The second-order valence-corrected chi connectivity index (χ2v) is 14.9. The summed E-state index contributed by atoms with van der Waals surface area (Å²) >= 11 is 0. The summed E-state index contributed by atoms with van der Waals surface area (Å²) in [6.45, 7) is 18.5. The molecule has 0 spiro atoms. The number of halogens is 1. The number of aliphatic hydroxyl groups is 2. The lowest BCUT2D eigenvalue weighted by Crippen LogP contribution is -2.43. The molecule has 1 amide bonds. The van der Waals surface area contributed by atoms with Gasteiger partial charge in [0.2, 0.25) is 0 Å². The normalized spacial score (nSPS) is 15.4. The van der Waals surface area contributed by atoms with Crippen LogP contribution in [0.5, 0.6) is 0 Å². The van der Waals surface area contributed by atoms with Gasteiger partial charge in [-0.3, -0.25) is 33.9 Å². The van der Waals surface area contributed by atoms with E-state index >= 15 is 0 Å². The molecule has 0 saturated carbocycles. The van der Waals surface area contributed by atoms with E-state index in [1.165, 1.54) is 6.20 Å². The molecule has 0 bridgehead atoms. The largest absolute Gasteiger partial charge is 0.506 e.